The Bertz CT molecular complexity index is 389. The fourth-order valence-corrected chi connectivity index (χ4v) is 1.91. The van der Waals surface area contributed by atoms with Crippen LogP contribution in [0, 0.1) is 0 Å². The van der Waals surface area contributed by atoms with E-state index in [1.165, 1.54) is 4.88 Å². The van der Waals surface area contributed by atoms with Crippen LogP contribution in [0.1, 0.15) is 6.92 Å². The van der Waals surface area contributed by atoms with Crippen LogP contribution in [0.15, 0.2) is 23.6 Å². The van der Waals surface area contributed by atoms with Gasteiger partial charge in [-0.15, -0.1) is 11.3 Å². The Hall–Kier alpha value is -1.29. The summed E-state index contributed by atoms with van der Waals surface area (Å²) in [7, 11) is 0. The quantitative estimate of drug-likeness (QED) is 0.794. The van der Waals surface area contributed by atoms with Gasteiger partial charge in [0.25, 0.3) is 0 Å². The molecule has 0 atom stereocenters. The van der Waals surface area contributed by atoms with Crippen molar-refractivity contribution in [1.29, 1.82) is 0 Å². The number of hydrogen-bond acceptors (Lipinski definition) is 3. The molecule has 0 spiro atoms. The van der Waals surface area contributed by atoms with Crippen LogP contribution in [0.2, 0.25) is 0 Å². The second-order valence-corrected chi connectivity index (χ2v) is 3.70. The summed E-state index contributed by atoms with van der Waals surface area (Å²) in [5, 5.41) is 6.41. The molecule has 2 rings (SSSR count). The summed E-state index contributed by atoms with van der Waals surface area (Å²) in [4.78, 5) is 1.17. The maximum atomic E-state index is 5.76. The first-order valence-electron chi connectivity index (χ1n) is 4.18. The lowest BCUT2D eigenvalue weighted by Crippen LogP contribution is -2.01. The fourth-order valence-electron chi connectivity index (χ4n) is 1.23. The van der Waals surface area contributed by atoms with Crippen molar-refractivity contribution < 1.29 is 0 Å². The maximum Gasteiger partial charge on any atom is 0.122 e. The lowest BCUT2D eigenvalue weighted by atomic mass is 10.3. The predicted molar refractivity (Wildman–Crippen MR) is 55.6 cm³/mol. The molecular weight excluding hydrogens is 182 g/mol. The molecule has 4 heteroatoms. The lowest BCUT2D eigenvalue weighted by Gasteiger charge is -1.95. The third kappa shape index (κ3) is 1.45. The van der Waals surface area contributed by atoms with E-state index >= 15 is 0 Å². The first kappa shape index (κ1) is 8.31. The van der Waals surface area contributed by atoms with E-state index in [1.807, 2.05) is 30.5 Å². The molecule has 0 aromatic carbocycles. The lowest BCUT2D eigenvalue weighted by molar-refractivity contribution is 0.672. The van der Waals surface area contributed by atoms with E-state index in [0.717, 1.165) is 18.1 Å². The average Bonchev–Trinajstić information content (AvgIpc) is 2.71. The number of hydrogen-bond donors (Lipinski definition) is 1. The van der Waals surface area contributed by atoms with Crippen LogP contribution >= 0.6 is 11.3 Å². The molecule has 2 aromatic rings. The number of anilines is 1. The maximum absolute atomic E-state index is 5.76. The van der Waals surface area contributed by atoms with Gasteiger partial charge >= 0.3 is 0 Å². The Morgan fingerprint density at radius 2 is 2.46 bits per heavy atom. The van der Waals surface area contributed by atoms with Crippen LogP contribution in [-0.4, -0.2) is 9.78 Å². The zero-order valence-corrected chi connectivity index (χ0v) is 8.21. The van der Waals surface area contributed by atoms with E-state index in [1.54, 1.807) is 16.0 Å². The molecule has 13 heavy (non-hydrogen) atoms. The minimum absolute atomic E-state index is 0.728. The van der Waals surface area contributed by atoms with Gasteiger partial charge in [0.15, 0.2) is 0 Å². The summed E-state index contributed by atoms with van der Waals surface area (Å²) in [6, 6.07) is 5.98. The molecule has 68 valence electrons. The second-order valence-electron chi connectivity index (χ2n) is 2.75. The van der Waals surface area contributed by atoms with Gasteiger partial charge in [-0.05, 0) is 18.4 Å². The van der Waals surface area contributed by atoms with Gasteiger partial charge in [0.05, 0.1) is 4.88 Å². The van der Waals surface area contributed by atoms with Gasteiger partial charge in [0, 0.05) is 12.6 Å². The van der Waals surface area contributed by atoms with Crippen molar-refractivity contribution in [3.8, 4) is 10.6 Å². The molecule has 0 aliphatic carbocycles. The zero-order valence-electron chi connectivity index (χ0n) is 7.40. The molecule has 0 saturated heterocycles. The van der Waals surface area contributed by atoms with E-state index < -0.39 is 0 Å². The predicted octanol–water partition coefficient (Wildman–Crippen LogP) is 2.21. The van der Waals surface area contributed by atoms with Gasteiger partial charge in [-0.1, -0.05) is 6.07 Å². The fraction of sp³-hybridized carbons (Fsp3) is 0.222. The number of thiophene rings is 1. The molecule has 2 heterocycles. The molecule has 0 bridgehead atoms. The van der Waals surface area contributed by atoms with Gasteiger partial charge in [0.1, 0.15) is 11.5 Å². The Morgan fingerprint density at radius 1 is 1.62 bits per heavy atom. The van der Waals surface area contributed by atoms with Crippen molar-refractivity contribution in [3.63, 3.8) is 0 Å². The normalized spacial score (nSPS) is 10.5. The molecule has 2 aromatic heterocycles. The monoisotopic (exact) mass is 193 g/mol. The Balaban J connectivity index is 2.43. The highest BCUT2D eigenvalue weighted by molar-refractivity contribution is 7.13. The van der Waals surface area contributed by atoms with Gasteiger partial charge < -0.3 is 5.73 Å². The number of aromatic nitrogens is 2. The highest BCUT2D eigenvalue weighted by atomic mass is 32.1. The van der Waals surface area contributed by atoms with E-state index in [4.69, 9.17) is 5.73 Å². The Labute approximate surface area is 80.8 Å². The summed E-state index contributed by atoms with van der Waals surface area (Å²) < 4.78 is 1.80. The summed E-state index contributed by atoms with van der Waals surface area (Å²) in [5.41, 5.74) is 6.73. The zero-order chi connectivity index (χ0) is 9.26. The van der Waals surface area contributed by atoms with Crippen LogP contribution < -0.4 is 5.73 Å². The summed E-state index contributed by atoms with van der Waals surface area (Å²) in [5.74, 6) is 0.728. The third-order valence-electron chi connectivity index (χ3n) is 1.88. The molecule has 0 unspecified atom stereocenters. The number of rotatable bonds is 2. The van der Waals surface area contributed by atoms with E-state index in [0.29, 0.717) is 0 Å². The Morgan fingerprint density at radius 3 is 3.00 bits per heavy atom. The Kier molecular flexibility index (Phi) is 2.06. The summed E-state index contributed by atoms with van der Waals surface area (Å²) in [6.45, 7) is 2.85. The molecule has 0 amide bonds. The molecular formula is C9H11N3S. The number of nitrogens with zero attached hydrogens (tertiary/aromatic N) is 2. The van der Waals surface area contributed by atoms with Crippen molar-refractivity contribution in [2.75, 3.05) is 5.73 Å². The SMILES string of the molecule is CCn1nc(-c2cccs2)cc1N. The van der Waals surface area contributed by atoms with Gasteiger partial charge in [0.2, 0.25) is 0 Å². The smallest absolute Gasteiger partial charge is 0.122 e. The van der Waals surface area contributed by atoms with E-state index in [-0.39, 0.29) is 0 Å². The van der Waals surface area contributed by atoms with Gasteiger partial charge in [-0.2, -0.15) is 5.10 Å². The molecule has 0 radical (unpaired) electrons. The average molecular weight is 193 g/mol. The van der Waals surface area contributed by atoms with E-state index in [9.17, 15) is 0 Å². The van der Waals surface area contributed by atoms with Gasteiger partial charge in [-0.3, -0.25) is 0 Å². The summed E-state index contributed by atoms with van der Waals surface area (Å²) in [6.07, 6.45) is 0. The van der Waals surface area contributed by atoms with Crippen molar-refractivity contribution in [2.24, 2.45) is 0 Å². The van der Waals surface area contributed by atoms with Crippen LogP contribution in [-0.2, 0) is 6.54 Å². The number of aryl methyl sites for hydroxylation is 1. The van der Waals surface area contributed by atoms with Crippen molar-refractivity contribution in [3.05, 3.63) is 23.6 Å². The number of nitrogens with two attached hydrogens (primary N) is 1. The number of nitrogen functional groups attached to an aromatic ring is 1. The molecule has 3 nitrogen and oxygen atoms in total. The standard InChI is InChI=1S/C9H11N3S/c1-2-12-9(10)6-7(11-12)8-4-3-5-13-8/h3-6H,2,10H2,1H3. The molecule has 0 aliphatic rings. The second kappa shape index (κ2) is 3.22. The molecule has 0 saturated carbocycles. The molecule has 2 N–H and O–H groups in total. The minimum atomic E-state index is 0.728. The molecule has 0 fully saturated rings. The third-order valence-corrected chi connectivity index (χ3v) is 2.78. The first-order chi connectivity index (χ1) is 6.31. The van der Waals surface area contributed by atoms with Crippen molar-refractivity contribution >= 4 is 17.2 Å². The van der Waals surface area contributed by atoms with Crippen molar-refractivity contribution in [1.82, 2.24) is 9.78 Å². The molecule has 0 aliphatic heterocycles. The minimum Gasteiger partial charge on any atom is -0.384 e. The van der Waals surface area contributed by atoms with Crippen LogP contribution in [0.4, 0.5) is 5.82 Å². The van der Waals surface area contributed by atoms with Gasteiger partial charge in [-0.25, -0.2) is 4.68 Å². The first-order valence-corrected chi connectivity index (χ1v) is 5.06. The topological polar surface area (TPSA) is 43.8 Å². The van der Waals surface area contributed by atoms with E-state index in [2.05, 4.69) is 5.10 Å². The van der Waals surface area contributed by atoms with Crippen LogP contribution in [0.5, 0.6) is 0 Å². The highest BCUT2D eigenvalue weighted by Gasteiger charge is 2.05. The van der Waals surface area contributed by atoms with Crippen LogP contribution in [0.3, 0.4) is 0 Å². The largest absolute Gasteiger partial charge is 0.384 e. The highest BCUT2D eigenvalue weighted by Crippen LogP contribution is 2.24. The van der Waals surface area contributed by atoms with Crippen LogP contribution in [0.25, 0.3) is 10.6 Å². The van der Waals surface area contributed by atoms with Crippen molar-refractivity contribution in [2.45, 2.75) is 13.5 Å². The summed E-state index contributed by atoms with van der Waals surface area (Å²) >= 11 is 1.68.